The number of aliphatic hydroxyl groups is 1. The van der Waals surface area contributed by atoms with Crippen molar-refractivity contribution in [3.8, 4) is 0 Å². The van der Waals surface area contributed by atoms with E-state index in [2.05, 4.69) is 20.2 Å². The van der Waals surface area contributed by atoms with Gasteiger partial charge in [0.2, 0.25) is 5.91 Å². The highest BCUT2D eigenvalue weighted by atomic mass is 16.3. The van der Waals surface area contributed by atoms with E-state index in [9.17, 15) is 9.90 Å². The third-order valence-corrected chi connectivity index (χ3v) is 4.78. The highest BCUT2D eigenvalue weighted by Crippen LogP contribution is 2.30. The number of fused-ring (bicyclic) bond motifs is 1. The van der Waals surface area contributed by atoms with Crippen molar-refractivity contribution in [1.82, 2.24) is 15.3 Å². The second-order valence-corrected chi connectivity index (χ2v) is 6.60. The van der Waals surface area contributed by atoms with E-state index in [4.69, 9.17) is 5.73 Å². The predicted octanol–water partition coefficient (Wildman–Crippen LogP) is 0.816. The Hall–Kier alpha value is -2.25. The van der Waals surface area contributed by atoms with E-state index in [0.29, 0.717) is 38.8 Å². The molecule has 0 bridgehead atoms. The van der Waals surface area contributed by atoms with Gasteiger partial charge in [0.05, 0.1) is 11.1 Å². The first-order valence-corrected chi connectivity index (χ1v) is 8.74. The topological polar surface area (TPSA) is 104 Å². The van der Waals surface area contributed by atoms with E-state index in [0.717, 1.165) is 29.7 Å². The van der Waals surface area contributed by atoms with Gasteiger partial charge in [0, 0.05) is 55.7 Å². The summed E-state index contributed by atoms with van der Waals surface area (Å²) < 4.78 is 0. The zero-order valence-electron chi connectivity index (χ0n) is 14.3. The number of amides is 1. The van der Waals surface area contributed by atoms with Gasteiger partial charge in [0.1, 0.15) is 0 Å². The number of pyridine rings is 2. The molecule has 0 atom stereocenters. The number of carbonyl (C=O) groups is 1. The van der Waals surface area contributed by atoms with E-state index in [1.807, 2.05) is 18.3 Å². The Morgan fingerprint density at radius 3 is 2.88 bits per heavy atom. The number of hydrogen-bond acceptors (Lipinski definition) is 6. The molecule has 7 heteroatoms. The monoisotopic (exact) mass is 343 g/mol. The number of nitrogens with one attached hydrogen (secondary N) is 1. The van der Waals surface area contributed by atoms with Crippen molar-refractivity contribution in [3.05, 3.63) is 30.7 Å². The molecule has 0 unspecified atom stereocenters. The smallest absolute Gasteiger partial charge is 0.220 e. The summed E-state index contributed by atoms with van der Waals surface area (Å²) in [5, 5.41) is 14.6. The first-order chi connectivity index (χ1) is 12.1. The van der Waals surface area contributed by atoms with Crippen molar-refractivity contribution in [3.63, 3.8) is 0 Å². The van der Waals surface area contributed by atoms with E-state index in [1.165, 1.54) is 0 Å². The van der Waals surface area contributed by atoms with Crippen LogP contribution in [0.25, 0.3) is 10.9 Å². The van der Waals surface area contributed by atoms with Gasteiger partial charge < -0.3 is 21.1 Å². The van der Waals surface area contributed by atoms with Crippen LogP contribution in [-0.2, 0) is 4.79 Å². The lowest BCUT2D eigenvalue weighted by Crippen LogP contribution is -2.51. The summed E-state index contributed by atoms with van der Waals surface area (Å²) >= 11 is 0. The largest absolute Gasteiger partial charge is 0.388 e. The van der Waals surface area contributed by atoms with Gasteiger partial charge in [-0.05, 0) is 37.9 Å². The Bertz CT molecular complexity index is 723. The summed E-state index contributed by atoms with van der Waals surface area (Å²) in [7, 11) is 0. The maximum Gasteiger partial charge on any atom is 0.220 e. The predicted molar refractivity (Wildman–Crippen MR) is 97.2 cm³/mol. The zero-order valence-corrected chi connectivity index (χ0v) is 14.3. The fourth-order valence-electron chi connectivity index (χ4n) is 3.21. The van der Waals surface area contributed by atoms with Gasteiger partial charge in [-0.2, -0.15) is 0 Å². The summed E-state index contributed by atoms with van der Waals surface area (Å²) in [6, 6.07) is 3.89. The molecule has 1 fully saturated rings. The summed E-state index contributed by atoms with van der Waals surface area (Å²) in [5.74, 6) is -0.0486. The number of hydrogen-bond donors (Lipinski definition) is 3. The number of anilines is 1. The molecule has 4 N–H and O–H groups in total. The summed E-state index contributed by atoms with van der Waals surface area (Å²) in [4.78, 5) is 22.5. The normalized spacial score (nSPS) is 16.8. The number of nitrogens with zero attached hydrogens (tertiary/aromatic N) is 3. The molecule has 3 rings (SSSR count). The molecule has 1 amide bonds. The number of carbonyl (C=O) groups excluding carboxylic acids is 1. The minimum absolute atomic E-state index is 0.0486. The van der Waals surface area contributed by atoms with Crippen molar-refractivity contribution in [1.29, 1.82) is 0 Å². The quantitative estimate of drug-likeness (QED) is 0.717. The summed E-state index contributed by atoms with van der Waals surface area (Å²) in [6.45, 7) is 2.25. The zero-order chi connectivity index (χ0) is 17.7. The fraction of sp³-hybridized carbons (Fsp3) is 0.500. The van der Waals surface area contributed by atoms with E-state index >= 15 is 0 Å². The van der Waals surface area contributed by atoms with Crippen molar-refractivity contribution < 1.29 is 9.90 Å². The maximum absolute atomic E-state index is 11.7. The highest BCUT2D eigenvalue weighted by Gasteiger charge is 2.33. The molecule has 0 spiro atoms. The van der Waals surface area contributed by atoms with Crippen LogP contribution in [0.5, 0.6) is 0 Å². The van der Waals surface area contributed by atoms with Crippen LogP contribution in [0.15, 0.2) is 30.7 Å². The molecular weight excluding hydrogens is 318 g/mol. The van der Waals surface area contributed by atoms with Gasteiger partial charge in [-0.25, -0.2) is 0 Å². The van der Waals surface area contributed by atoms with Crippen molar-refractivity contribution in [2.75, 3.05) is 31.1 Å². The molecule has 2 aromatic rings. The standard InChI is InChI=1S/C18H25N5O2/c19-7-1-2-17(24)22-13-18(25)5-10-23(11-6-18)16-4-9-21-15-3-8-20-12-14(15)16/h3-4,8-9,12,25H,1-2,5-7,10-11,13,19H2,(H,22,24). The maximum atomic E-state index is 11.7. The van der Waals surface area contributed by atoms with Crippen LogP contribution in [0.2, 0.25) is 0 Å². The lowest BCUT2D eigenvalue weighted by atomic mass is 9.91. The van der Waals surface area contributed by atoms with Gasteiger partial charge in [0.25, 0.3) is 0 Å². The van der Waals surface area contributed by atoms with E-state index in [-0.39, 0.29) is 5.91 Å². The second kappa shape index (κ2) is 7.76. The number of nitrogens with two attached hydrogens (primary N) is 1. The van der Waals surface area contributed by atoms with Crippen LogP contribution >= 0.6 is 0 Å². The molecule has 1 aliphatic heterocycles. The van der Waals surface area contributed by atoms with Crippen molar-refractivity contribution >= 4 is 22.5 Å². The van der Waals surface area contributed by atoms with E-state index in [1.54, 1.807) is 12.4 Å². The van der Waals surface area contributed by atoms with Crippen molar-refractivity contribution in [2.24, 2.45) is 5.73 Å². The van der Waals surface area contributed by atoms with Crippen LogP contribution < -0.4 is 16.0 Å². The molecule has 1 aliphatic rings. The van der Waals surface area contributed by atoms with Gasteiger partial charge in [0.15, 0.2) is 0 Å². The minimum Gasteiger partial charge on any atom is -0.388 e. The second-order valence-electron chi connectivity index (χ2n) is 6.60. The van der Waals surface area contributed by atoms with Gasteiger partial charge in [-0.1, -0.05) is 0 Å². The molecule has 0 saturated carbocycles. The fourth-order valence-corrected chi connectivity index (χ4v) is 3.21. The number of rotatable bonds is 6. The Morgan fingerprint density at radius 2 is 2.12 bits per heavy atom. The molecule has 25 heavy (non-hydrogen) atoms. The Labute approximate surface area is 147 Å². The van der Waals surface area contributed by atoms with Crippen LogP contribution in [0.1, 0.15) is 25.7 Å². The Kier molecular flexibility index (Phi) is 5.45. The average Bonchev–Trinajstić information content (AvgIpc) is 2.65. The Balaban J connectivity index is 1.60. The summed E-state index contributed by atoms with van der Waals surface area (Å²) in [6.07, 6.45) is 7.66. The first kappa shape index (κ1) is 17.6. The Morgan fingerprint density at radius 1 is 1.32 bits per heavy atom. The molecule has 2 aromatic heterocycles. The van der Waals surface area contributed by atoms with Crippen LogP contribution in [0.3, 0.4) is 0 Å². The number of aromatic nitrogens is 2. The lowest BCUT2D eigenvalue weighted by molar-refractivity contribution is -0.122. The molecule has 0 aliphatic carbocycles. The van der Waals surface area contributed by atoms with Gasteiger partial charge >= 0.3 is 0 Å². The molecule has 3 heterocycles. The molecular formula is C18H25N5O2. The van der Waals surface area contributed by atoms with Crippen LogP contribution in [-0.4, -0.2) is 52.8 Å². The van der Waals surface area contributed by atoms with Crippen LogP contribution in [0.4, 0.5) is 5.69 Å². The van der Waals surface area contributed by atoms with Crippen LogP contribution in [0, 0.1) is 0 Å². The third-order valence-electron chi connectivity index (χ3n) is 4.78. The lowest BCUT2D eigenvalue weighted by Gasteiger charge is -2.39. The SMILES string of the molecule is NCCCC(=O)NCC1(O)CCN(c2ccnc3ccncc23)CC1. The van der Waals surface area contributed by atoms with Crippen molar-refractivity contribution in [2.45, 2.75) is 31.3 Å². The third kappa shape index (κ3) is 4.24. The highest BCUT2D eigenvalue weighted by molar-refractivity contribution is 5.90. The van der Waals surface area contributed by atoms with Gasteiger partial charge in [-0.15, -0.1) is 0 Å². The average molecular weight is 343 g/mol. The molecule has 1 saturated heterocycles. The summed E-state index contributed by atoms with van der Waals surface area (Å²) in [5.41, 5.74) is 6.56. The first-order valence-electron chi connectivity index (χ1n) is 8.74. The molecule has 134 valence electrons. The number of piperidine rings is 1. The molecule has 0 aromatic carbocycles. The van der Waals surface area contributed by atoms with Gasteiger partial charge in [-0.3, -0.25) is 14.8 Å². The van der Waals surface area contributed by atoms with E-state index < -0.39 is 5.60 Å². The minimum atomic E-state index is -0.851. The molecule has 7 nitrogen and oxygen atoms in total. The molecule has 0 radical (unpaired) electrons.